The summed E-state index contributed by atoms with van der Waals surface area (Å²) in [7, 11) is 0. The molecule has 0 aliphatic heterocycles. The van der Waals surface area contributed by atoms with Crippen molar-refractivity contribution in [1.82, 2.24) is 10.8 Å². The van der Waals surface area contributed by atoms with Crippen LogP contribution in [0.5, 0.6) is 0 Å². The molecule has 0 aromatic rings. The average molecular weight is 148 g/mol. The molecule has 0 aromatic heterocycles. The van der Waals surface area contributed by atoms with Crippen molar-refractivity contribution in [3.8, 4) is 0 Å². The number of carbonyl (C=O) groups excluding carboxylic acids is 1. The molecule has 5 heteroatoms. The molecular weight excluding hydrogens is 136 g/mol. The predicted octanol–water partition coefficient (Wildman–Crippen LogP) is -1.41. The molecule has 0 aliphatic carbocycles. The molecule has 0 radical (unpaired) electrons. The monoisotopic (exact) mass is 148 g/mol. The summed E-state index contributed by atoms with van der Waals surface area (Å²) in [5.74, 6) is -0.295. The molecule has 10 heavy (non-hydrogen) atoms. The van der Waals surface area contributed by atoms with Crippen molar-refractivity contribution in [1.29, 1.82) is 0 Å². The van der Waals surface area contributed by atoms with E-state index in [-0.39, 0.29) is 19.2 Å². The van der Waals surface area contributed by atoms with Gasteiger partial charge < -0.3 is 15.3 Å². The van der Waals surface area contributed by atoms with Gasteiger partial charge in [0.2, 0.25) is 5.91 Å². The fourth-order valence-corrected chi connectivity index (χ4v) is 0.369. The first-order chi connectivity index (χ1) is 4.81. The van der Waals surface area contributed by atoms with Gasteiger partial charge in [0, 0.05) is 0 Å². The standard InChI is InChI=1S/C5H12N2O3/c1-2-10-7-3-5(9)6-4-8/h7-8H,2-4H2,1H3,(H,6,9). The number of aliphatic hydroxyl groups excluding tert-OH is 1. The van der Waals surface area contributed by atoms with Gasteiger partial charge in [0.1, 0.15) is 13.3 Å². The van der Waals surface area contributed by atoms with E-state index in [9.17, 15) is 4.79 Å². The average Bonchev–Trinajstić information content (AvgIpc) is 1.89. The summed E-state index contributed by atoms with van der Waals surface area (Å²) in [6.07, 6.45) is 0. The van der Waals surface area contributed by atoms with Gasteiger partial charge in [-0.15, -0.1) is 0 Å². The van der Waals surface area contributed by atoms with Crippen LogP contribution in [0, 0.1) is 0 Å². The van der Waals surface area contributed by atoms with Crippen molar-refractivity contribution in [2.24, 2.45) is 0 Å². The number of rotatable bonds is 5. The summed E-state index contributed by atoms with van der Waals surface area (Å²) in [4.78, 5) is 15.2. The van der Waals surface area contributed by atoms with Crippen molar-refractivity contribution in [3.63, 3.8) is 0 Å². The number of carbonyl (C=O) groups is 1. The van der Waals surface area contributed by atoms with Crippen LogP contribution in [0.25, 0.3) is 0 Å². The van der Waals surface area contributed by atoms with Crippen molar-refractivity contribution < 1.29 is 14.7 Å². The van der Waals surface area contributed by atoms with Crippen LogP contribution in [0.15, 0.2) is 0 Å². The second kappa shape index (κ2) is 6.47. The normalized spacial score (nSPS) is 9.40. The SMILES string of the molecule is CCONCC(=O)NCO. The highest BCUT2D eigenvalue weighted by Gasteiger charge is 1.95. The van der Waals surface area contributed by atoms with Crippen LogP contribution in [-0.4, -0.2) is 30.9 Å². The highest BCUT2D eigenvalue weighted by atomic mass is 16.6. The lowest BCUT2D eigenvalue weighted by Gasteiger charge is -2.02. The Hall–Kier alpha value is -0.650. The number of amides is 1. The van der Waals surface area contributed by atoms with E-state index in [0.29, 0.717) is 6.61 Å². The van der Waals surface area contributed by atoms with Crippen LogP contribution in [0.3, 0.4) is 0 Å². The van der Waals surface area contributed by atoms with E-state index in [2.05, 4.69) is 15.6 Å². The van der Waals surface area contributed by atoms with Gasteiger partial charge in [0.05, 0.1) is 6.61 Å². The largest absolute Gasteiger partial charge is 0.377 e. The molecule has 0 saturated heterocycles. The fourth-order valence-electron chi connectivity index (χ4n) is 0.369. The van der Waals surface area contributed by atoms with Gasteiger partial charge in [0.25, 0.3) is 0 Å². The first-order valence-corrected chi connectivity index (χ1v) is 3.03. The van der Waals surface area contributed by atoms with Gasteiger partial charge in [-0.25, -0.2) is 0 Å². The Balaban J connectivity index is 3.05. The van der Waals surface area contributed by atoms with Crippen LogP contribution in [0.4, 0.5) is 0 Å². The van der Waals surface area contributed by atoms with Crippen LogP contribution in [-0.2, 0) is 9.63 Å². The molecule has 0 aromatic carbocycles. The summed E-state index contributed by atoms with van der Waals surface area (Å²) < 4.78 is 0. The third-order valence-electron chi connectivity index (χ3n) is 0.755. The van der Waals surface area contributed by atoms with Crippen LogP contribution >= 0.6 is 0 Å². The maximum atomic E-state index is 10.5. The Morgan fingerprint density at radius 3 is 2.90 bits per heavy atom. The van der Waals surface area contributed by atoms with Gasteiger partial charge in [-0.3, -0.25) is 4.79 Å². The Labute approximate surface area is 59.3 Å². The number of hydrogen-bond donors (Lipinski definition) is 3. The second-order valence-electron chi connectivity index (χ2n) is 1.51. The second-order valence-corrected chi connectivity index (χ2v) is 1.51. The first kappa shape index (κ1) is 9.35. The Morgan fingerprint density at radius 1 is 1.70 bits per heavy atom. The third-order valence-corrected chi connectivity index (χ3v) is 0.755. The highest BCUT2D eigenvalue weighted by Crippen LogP contribution is 1.64. The molecule has 0 fully saturated rings. The van der Waals surface area contributed by atoms with Gasteiger partial charge in [-0.2, -0.15) is 5.48 Å². The zero-order chi connectivity index (χ0) is 7.82. The van der Waals surface area contributed by atoms with Crippen LogP contribution < -0.4 is 10.8 Å². The van der Waals surface area contributed by atoms with Gasteiger partial charge in [-0.05, 0) is 6.92 Å². The molecule has 3 N–H and O–H groups in total. The molecule has 0 heterocycles. The maximum absolute atomic E-state index is 10.5. The molecule has 1 amide bonds. The first-order valence-electron chi connectivity index (χ1n) is 3.03. The number of hydroxylamine groups is 1. The summed E-state index contributed by atoms with van der Waals surface area (Å²) in [5, 5.41) is 10.4. The Bertz CT molecular complexity index is 96.9. The molecule has 0 saturated carbocycles. The number of hydrogen-bond acceptors (Lipinski definition) is 4. The lowest BCUT2D eigenvalue weighted by atomic mass is 10.6. The van der Waals surface area contributed by atoms with Crippen LogP contribution in [0.1, 0.15) is 6.92 Å². The summed E-state index contributed by atoms with van der Waals surface area (Å²) in [6, 6.07) is 0. The van der Waals surface area contributed by atoms with Crippen molar-refractivity contribution >= 4 is 5.91 Å². The molecule has 0 spiro atoms. The van der Waals surface area contributed by atoms with E-state index in [0.717, 1.165) is 0 Å². The minimum Gasteiger partial charge on any atom is -0.377 e. The van der Waals surface area contributed by atoms with Crippen molar-refractivity contribution in [3.05, 3.63) is 0 Å². The van der Waals surface area contributed by atoms with E-state index in [4.69, 9.17) is 5.11 Å². The zero-order valence-electron chi connectivity index (χ0n) is 5.89. The van der Waals surface area contributed by atoms with Gasteiger partial charge in [-0.1, -0.05) is 0 Å². The zero-order valence-corrected chi connectivity index (χ0v) is 5.89. The smallest absolute Gasteiger partial charge is 0.238 e. The van der Waals surface area contributed by atoms with Crippen molar-refractivity contribution in [2.75, 3.05) is 19.9 Å². The van der Waals surface area contributed by atoms with E-state index in [1.807, 2.05) is 0 Å². The fraction of sp³-hybridized carbons (Fsp3) is 0.800. The van der Waals surface area contributed by atoms with E-state index in [1.165, 1.54) is 0 Å². The number of nitrogens with one attached hydrogen (secondary N) is 2. The van der Waals surface area contributed by atoms with E-state index >= 15 is 0 Å². The van der Waals surface area contributed by atoms with E-state index < -0.39 is 0 Å². The topological polar surface area (TPSA) is 70.6 Å². The molecule has 5 nitrogen and oxygen atoms in total. The van der Waals surface area contributed by atoms with Crippen molar-refractivity contribution in [2.45, 2.75) is 6.92 Å². The van der Waals surface area contributed by atoms with Gasteiger partial charge in [0.15, 0.2) is 0 Å². The minimum atomic E-state index is -0.341. The molecule has 0 rings (SSSR count). The third kappa shape index (κ3) is 5.49. The summed E-state index contributed by atoms with van der Waals surface area (Å²) in [5.41, 5.74) is 2.40. The lowest BCUT2D eigenvalue weighted by molar-refractivity contribution is -0.123. The minimum absolute atomic E-state index is 0.0639. The molecule has 0 bridgehead atoms. The molecular formula is C5H12N2O3. The van der Waals surface area contributed by atoms with Gasteiger partial charge >= 0.3 is 0 Å². The highest BCUT2D eigenvalue weighted by molar-refractivity contribution is 5.77. The quantitative estimate of drug-likeness (QED) is 0.254. The number of aliphatic hydroxyl groups is 1. The molecule has 0 atom stereocenters. The summed E-state index contributed by atoms with van der Waals surface area (Å²) in [6.45, 7) is 2.03. The lowest BCUT2D eigenvalue weighted by Crippen LogP contribution is -2.34. The molecule has 60 valence electrons. The Kier molecular flexibility index (Phi) is 6.05. The Morgan fingerprint density at radius 2 is 2.40 bits per heavy atom. The van der Waals surface area contributed by atoms with Crippen LogP contribution in [0.2, 0.25) is 0 Å². The van der Waals surface area contributed by atoms with E-state index in [1.54, 1.807) is 6.92 Å². The molecule has 0 unspecified atom stereocenters. The predicted molar refractivity (Wildman–Crippen MR) is 34.9 cm³/mol. The maximum Gasteiger partial charge on any atom is 0.238 e. The molecule has 0 aliphatic rings. The summed E-state index contributed by atoms with van der Waals surface area (Å²) >= 11 is 0.